The maximum Gasteiger partial charge on any atom is 0.244 e. The fraction of sp³-hybridized carbons (Fsp3) is 0.320. The Morgan fingerprint density at radius 3 is 2.71 bits per heavy atom. The summed E-state index contributed by atoms with van der Waals surface area (Å²) >= 11 is 0. The van der Waals surface area contributed by atoms with E-state index in [4.69, 9.17) is 10.7 Å². The van der Waals surface area contributed by atoms with Crippen molar-refractivity contribution in [3.8, 4) is 11.3 Å². The first kappa shape index (κ1) is 21.8. The van der Waals surface area contributed by atoms with Gasteiger partial charge in [-0.05, 0) is 50.8 Å². The predicted octanol–water partition coefficient (Wildman–Crippen LogP) is 3.62. The van der Waals surface area contributed by atoms with Gasteiger partial charge >= 0.3 is 0 Å². The van der Waals surface area contributed by atoms with E-state index in [-0.39, 0.29) is 18.5 Å². The number of anilines is 3. The molecule has 5 heterocycles. The molecule has 1 amide bonds. The summed E-state index contributed by atoms with van der Waals surface area (Å²) in [7, 11) is 0. The number of hydrogen-bond acceptors (Lipinski definition) is 7. The summed E-state index contributed by atoms with van der Waals surface area (Å²) in [4.78, 5) is 28.0. The largest absolute Gasteiger partial charge is 0.397 e. The molecule has 0 saturated heterocycles. The highest BCUT2D eigenvalue weighted by molar-refractivity contribution is 5.89. The Morgan fingerprint density at radius 1 is 1.09 bits per heavy atom. The molecule has 0 atom stereocenters. The molecule has 9 heteroatoms. The molecule has 0 aromatic carbocycles. The zero-order chi connectivity index (χ0) is 24.0. The number of nitrogens with one attached hydrogen (secondary N) is 1. The van der Waals surface area contributed by atoms with Gasteiger partial charge in [-0.3, -0.25) is 19.4 Å². The minimum atomic E-state index is 0.0917. The second-order valence-corrected chi connectivity index (χ2v) is 9.02. The highest BCUT2D eigenvalue weighted by Gasteiger charge is 2.23. The molecule has 0 fully saturated rings. The number of rotatable bonds is 4. The maximum atomic E-state index is 12.6. The van der Waals surface area contributed by atoms with Crippen LogP contribution in [0.3, 0.4) is 0 Å². The zero-order valence-electron chi connectivity index (χ0n) is 19.8. The van der Waals surface area contributed by atoms with Gasteiger partial charge in [0.1, 0.15) is 12.4 Å². The van der Waals surface area contributed by atoms with Gasteiger partial charge in [0.25, 0.3) is 0 Å². The van der Waals surface area contributed by atoms with Crippen LogP contribution in [0.25, 0.3) is 22.0 Å². The molecule has 4 aromatic heterocycles. The van der Waals surface area contributed by atoms with Crippen LogP contribution in [0.2, 0.25) is 0 Å². The summed E-state index contributed by atoms with van der Waals surface area (Å²) < 4.78 is 1.79. The fourth-order valence-corrected chi connectivity index (χ4v) is 4.43. The van der Waals surface area contributed by atoms with E-state index < -0.39 is 0 Å². The van der Waals surface area contributed by atoms with Gasteiger partial charge in [-0.15, -0.1) is 0 Å². The van der Waals surface area contributed by atoms with Crippen molar-refractivity contribution >= 4 is 34.0 Å². The van der Waals surface area contributed by atoms with Crippen molar-refractivity contribution in [3.05, 3.63) is 53.7 Å². The van der Waals surface area contributed by atoms with E-state index in [1.807, 2.05) is 57.0 Å². The number of nitrogens with zero attached hydrogens (tertiary/aromatic N) is 6. The van der Waals surface area contributed by atoms with Crippen molar-refractivity contribution in [2.45, 2.75) is 46.7 Å². The molecular formula is C25H28N8O. The quantitative estimate of drug-likeness (QED) is 0.482. The van der Waals surface area contributed by atoms with Crippen LogP contribution in [0, 0.1) is 13.8 Å². The third kappa shape index (κ3) is 3.93. The van der Waals surface area contributed by atoms with Crippen molar-refractivity contribution in [2.75, 3.05) is 17.6 Å². The van der Waals surface area contributed by atoms with Crippen molar-refractivity contribution in [3.63, 3.8) is 0 Å². The third-order valence-corrected chi connectivity index (χ3v) is 6.39. The molecule has 3 N–H and O–H groups in total. The summed E-state index contributed by atoms with van der Waals surface area (Å²) in [6.45, 7) is 8.97. The maximum absolute atomic E-state index is 12.6. The minimum absolute atomic E-state index is 0.0917. The Bertz CT molecular complexity index is 1410. The number of nitrogen functional groups attached to an aromatic ring is 1. The molecule has 0 saturated carbocycles. The summed E-state index contributed by atoms with van der Waals surface area (Å²) in [5.74, 6) is 1.44. The number of nitrogens with two attached hydrogens (primary N) is 1. The van der Waals surface area contributed by atoms with Crippen molar-refractivity contribution < 1.29 is 4.79 Å². The van der Waals surface area contributed by atoms with Crippen LogP contribution in [0.15, 0.2) is 36.8 Å². The van der Waals surface area contributed by atoms with Crippen LogP contribution < -0.4 is 11.1 Å². The highest BCUT2D eigenvalue weighted by Crippen LogP contribution is 2.29. The van der Waals surface area contributed by atoms with Gasteiger partial charge in [-0.2, -0.15) is 5.10 Å². The van der Waals surface area contributed by atoms with Crippen LogP contribution in [0.5, 0.6) is 0 Å². The SMILES string of the molecule is Cc1c(N)cncc1-c1cc2cc(Nc3cc4n(n3)CC(=O)N(C(C)C)CC4)ncc2c(C)n1. The van der Waals surface area contributed by atoms with Crippen molar-refractivity contribution in [1.29, 1.82) is 0 Å². The van der Waals surface area contributed by atoms with E-state index in [0.29, 0.717) is 23.9 Å². The number of carbonyl (C=O) groups excluding carboxylic acids is 1. The number of hydrogen-bond donors (Lipinski definition) is 2. The lowest BCUT2D eigenvalue weighted by atomic mass is 10.0. The molecule has 9 nitrogen and oxygen atoms in total. The Morgan fingerprint density at radius 2 is 1.91 bits per heavy atom. The highest BCUT2D eigenvalue weighted by atomic mass is 16.2. The Kier molecular flexibility index (Phi) is 5.39. The molecule has 0 aliphatic carbocycles. The minimum Gasteiger partial charge on any atom is -0.397 e. The lowest BCUT2D eigenvalue weighted by Gasteiger charge is -2.24. The van der Waals surface area contributed by atoms with Crippen LogP contribution in [-0.4, -0.2) is 48.1 Å². The predicted molar refractivity (Wildman–Crippen MR) is 133 cm³/mol. The van der Waals surface area contributed by atoms with Gasteiger partial charge in [-0.1, -0.05) is 0 Å². The molecule has 1 aliphatic heterocycles. The van der Waals surface area contributed by atoms with Gasteiger partial charge < -0.3 is 16.0 Å². The second-order valence-electron chi connectivity index (χ2n) is 9.02. The summed E-state index contributed by atoms with van der Waals surface area (Å²) in [6.07, 6.45) is 6.03. The van der Waals surface area contributed by atoms with Crippen LogP contribution >= 0.6 is 0 Å². The monoisotopic (exact) mass is 456 g/mol. The number of aromatic nitrogens is 5. The molecule has 34 heavy (non-hydrogen) atoms. The normalized spacial score (nSPS) is 13.9. The van der Waals surface area contributed by atoms with E-state index in [1.165, 1.54) is 0 Å². The number of aryl methyl sites for hydroxylation is 1. The van der Waals surface area contributed by atoms with E-state index in [9.17, 15) is 4.79 Å². The van der Waals surface area contributed by atoms with E-state index >= 15 is 0 Å². The average Bonchev–Trinajstić information content (AvgIpc) is 3.08. The van der Waals surface area contributed by atoms with Gasteiger partial charge in [0.05, 0.1) is 17.6 Å². The summed E-state index contributed by atoms with van der Waals surface area (Å²) in [5.41, 5.74) is 11.3. The topological polar surface area (TPSA) is 115 Å². The zero-order valence-corrected chi connectivity index (χ0v) is 19.8. The van der Waals surface area contributed by atoms with E-state index in [0.717, 1.165) is 45.4 Å². The summed E-state index contributed by atoms with van der Waals surface area (Å²) in [6, 6.07) is 6.19. The standard InChI is InChI=1S/C25H28N8O/c1-14(2)32-6-5-18-9-24(31-33(18)13-25(32)34)30-23-8-17-7-22(29-16(4)20(17)11-28-23)19-10-27-12-21(26)15(19)3/h7-12,14H,5-6,13,26H2,1-4H3,(H,28,30,31). The molecule has 5 rings (SSSR count). The van der Waals surface area contributed by atoms with Crippen molar-refractivity contribution in [1.82, 2.24) is 29.6 Å². The molecule has 0 unspecified atom stereocenters. The fourth-order valence-electron chi connectivity index (χ4n) is 4.43. The van der Waals surface area contributed by atoms with Gasteiger partial charge in [-0.25, -0.2) is 4.98 Å². The number of fused-ring (bicyclic) bond motifs is 2. The van der Waals surface area contributed by atoms with Crippen LogP contribution in [0.4, 0.5) is 17.3 Å². The molecule has 1 aliphatic rings. The molecule has 174 valence electrons. The number of carbonyl (C=O) groups is 1. The molecule has 0 bridgehead atoms. The molecular weight excluding hydrogens is 428 g/mol. The Balaban J connectivity index is 1.45. The summed E-state index contributed by atoms with van der Waals surface area (Å²) in [5, 5.41) is 9.90. The smallest absolute Gasteiger partial charge is 0.244 e. The lowest BCUT2D eigenvalue weighted by molar-refractivity contribution is -0.133. The number of pyridine rings is 3. The van der Waals surface area contributed by atoms with Gasteiger partial charge in [0.2, 0.25) is 5.91 Å². The molecule has 0 spiro atoms. The van der Waals surface area contributed by atoms with E-state index in [1.54, 1.807) is 17.1 Å². The second kappa shape index (κ2) is 8.40. The molecule has 0 radical (unpaired) electrons. The lowest BCUT2D eigenvalue weighted by Crippen LogP contribution is -2.38. The Hall–Kier alpha value is -4.01. The first-order chi connectivity index (χ1) is 16.3. The van der Waals surface area contributed by atoms with E-state index in [2.05, 4.69) is 20.4 Å². The average molecular weight is 457 g/mol. The number of amides is 1. The van der Waals surface area contributed by atoms with Crippen molar-refractivity contribution in [2.24, 2.45) is 0 Å². The third-order valence-electron chi connectivity index (χ3n) is 6.39. The van der Waals surface area contributed by atoms with Gasteiger partial charge in [0.15, 0.2) is 5.82 Å². The van der Waals surface area contributed by atoms with Crippen LogP contribution in [-0.2, 0) is 17.8 Å². The molecule has 4 aromatic rings. The Labute approximate surface area is 198 Å². The van der Waals surface area contributed by atoms with Gasteiger partial charge in [0, 0.05) is 59.8 Å². The first-order valence-corrected chi connectivity index (χ1v) is 11.4. The van der Waals surface area contributed by atoms with Crippen LogP contribution in [0.1, 0.15) is 30.8 Å². The first-order valence-electron chi connectivity index (χ1n) is 11.4.